The summed E-state index contributed by atoms with van der Waals surface area (Å²) in [7, 11) is 1.89. The van der Waals surface area contributed by atoms with E-state index >= 15 is 0 Å². The zero-order valence-electron chi connectivity index (χ0n) is 7.49. The highest BCUT2D eigenvalue weighted by atomic mass is 16.3. The van der Waals surface area contributed by atoms with Crippen LogP contribution < -0.4 is 5.32 Å². The molecular formula is C8H15N3O. The molecule has 1 atom stereocenters. The van der Waals surface area contributed by atoms with Gasteiger partial charge in [0.2, 0.25) is 0 Å². The first-order chi connectivity index (χ1) is 5.68. The Morgan fingerprint density at radius 1 is 1.75 bits per heavy atom. The van der Waals surface area contributed by atoms with E-state index in [1.807, 2.05) is 19.4 Å². The second-order valence-electron chi connectivity index (χ2n) is 3.00. The quantitative estimate of drug-likeness (QED) is 0.661. The van der Waals surface area contributed by atoms with Gasteiger partial charge in [-0.2, -0.15) is 5.10 Å². The number of nitrogens with zero attached hydrogens (tertiary/aromatic N) is 2. The van der Waals surface area contributed by atoms with Gasteiger partial charge in [0.25, 0.3) is 0 Å². The SMILES string of the molecule is C[C@H](O)CNCc1cnn(C)c1. The Labute approximate surface area is 72.2 Å². The molecule has 1 aromatic heterocycles. The molecule has 1 aromatic rings. The fourth-order valence-corrected chi connectivity index (χ4v) is 0.989. The van der Waals surface area contributed by atoms with Crippen LogP contribution in [0.2, 0.25) is 0 Å². The maximum Gasteiger partial charge on any atom is 0.0636 e. The summed E-state index contributed by atoms with van der Waals surface area (Å²) in [5.41, 5.74) is 1.14. The molecule has 0 bridgehead atoms. The molecule has 0 radical (unpaired) electrons. The smallest absolute Gasteiger partial charge is 0.0636 e. The molecule has 0 saturated carbocycles. The number of aliphatic hydroxyl groups excluding tert-OH is 1. The summed E-state index contributed by atoms with van der Waals surface area (Å²) in [5.74, 6) is 0. The van der Waals surface area contributed by atoms with Crippen molar-refractivity contribution in [2.45, 2.75) is 19.6 Å². The van der Waals surface area contributed by atoms with Crippen molar-refractivity contribution >= 4 is 0 Å². The summed E-state index contributed by atoms with van der Waals surface area (Å²) in [4.78, 5) is 0. The van der Waals surface area contributed by atoms with Crippen LogP contribution >= 0.6 is 0 Å². The van der Waals surface area contributed by atoms with Crippen LogP contribution in [0, 0.1) is 0 Å². The summed E-state index contributed by atoms with van der Waals surface area (Å²) in [6.07, 6.45) is 3.48. The fourth-order valence-electron chi connectivity index (χ4n) is 0.989. The molecule has 0 aliphatic heterocycles. The van der Waals surface area contributed by atoms with Gasteiger partial charge in [-0.05, 0) is 6.92 Å². The number of aromatic nitrogens is 2. The molecule has 2 N–H and O–H groups in total. The minimum Gasteiger partial charge on any atom is -0.392 e. The number of hydrogen-bond donors (Lipinski definition) is 2. The Kier molecular flexibility index (Phi) is 3.25. The van der Waals surface area contributed by atoms with Crippen molar-refractivity contribution in [2.24, 2.45) is 7.05 Å². The van der Waals surface area contributed by atoms with Crippen molar-refractivity contribution in [1.29, 1.82) is 0 Å². The van der Waals surface area contributed by atoms with Crippen molar-refractivity contribution in [3.8, 4) is 0 Å². The highest BCUT2D eigenvalue weighted by molar-refractivity contribution is 5.02. The first-order valence-electron chi connectivity index (χ1n) is 4.05. The summed E-state index contributed by atoms with van der Waals surface area (Å²) < 4.78 is 1.76. The molecular weight excluding hydrogens is 154 g/mol. The van der Waals surface area contributed by atoms with Gasteiger partial charge in [-0.1, -0.05) is 0 Å². The van der Waals surface area contributed by atoms with E-state index in [1.54, 1.807) is 11.6 Å². The van der Waals surface area contributed by atoms with Crippen LogP contribution in [0.1, 0.15) is 12.5 Å². The lowest BCUT2D eigenvalue weighted by Gasteiger charge is -2.04. The summed E-state index contributed by atoms with van der Waals surface area (Å²) in [5, 5.41) is 16.1. The van der Waals surface area contributed by atoms with Gasteiger partial charge >= 0.3 is 0 Å². The average Bonchev–Trinajstić information content (AvgIpc) is 2.35. The monoisotopic (exact) mass is 169 g/mol. The molecule has 0 aliphatic rings. The lowest BCUT2D eigenvalue weighted by Crippen LogP contribution is -2.23. The molecule has 0 fully saturated rings. The number of nitrogens with one attached hydrogen (secondary N) is 1. The van der Waals surface area contributed by atoms with Gasteiger partial charge in [0.1, 0.15) is 0 Å². The van der Waals surface area contributed by atoms with Gasteiger partial charge in [-0.25, -0.2) is 0 Å². The molecule has 0 unspecified atom stereocenters. The number of aliphatic hydroxyl groups is 1. The standard InChI is InChI=1S/C8H15N3O/c1-7(12)3-9-4-8-5-10-11(2)6-8/h5-7,9,12H,3-4H2,1-2H3/t7-/m0/s1. The predicted octanol–water partition coefficient (Wildman–Crippen LogP) is -0.110. The first-order valence-corrected chi connectivity index (χ1v) is 4.05. The van der Waals surface area contributed by atoms with Gasteiger partial charge in [0, 0.05) is 31.9 Å². The van der Waals surface area contributed by atoms with E-state index in [2.05, 4.69) is 10.4 Å². The summed E-state index contributed by atoms with van der Waals surface area (Å²) in [6, 6.07) is 0. The Balaban J connectivity index is 2.24. The van der Waals surface area contributed by atoms with Gasteiger partial charge in [-0.3, -0.25) is 4.68 Å². The van der Waals surface area contributed by atoms with Gasteiger partial charge in [0.05, 0.1) is 12.3 Å². The Morgan fingerprint density at radius 3 is 3.00 bits per heavy atom. The fraction of sp³-hybridized carbons (Fsp3) is 0.625. The minimum absolute atomic E-state index is 0.290. The highest BCUT2D eigenvalue weighted by Gasteiger charge is 1.97. The van der Waals surface area contributed by atoms with Crippen LogP contribution in [0.15, 0.2) is 12.4 Å². The van der Waals surface area contributed by atoms with Gasteiger partial charge < -0.3 is 10.4 Å². The Bertz CT molecular complexity index is 232. The van der Waals surface area contributed by atoms with E-state index in [4.69, 9.17) is 5.11 Å². The van der Waals surface area contributed by atoms with Crippen LogP contribution in [0.3, 0.4) is 0 Å². The molecule has 0 aliphatic carbocycles. The third-order valence-electron chi connectivity index (χ3n) is 1.53. The second kappa shape index (κ2) is 4.23. The third kappa shape index (κ3) is 3.02. The second-order valence-corrected chi connectivity index (χ2v) is 3.00. The lowest BCUT2D eigenvalue weighted by molar-refractivity contribution is 0.191. The maximum atomic E-state index is 8.95. The normalized spacial score (nSPS) is 13.2. The lowest BCUT2D eigenvalue weighted by atomic mass is 10.3. The molecule has 0 saturated heterocycles. The minimum atomic E-state index is -0.290. The molecule has 0 spiro atoms. The molecule has 4 nitrogen and oxygen atoms in total. The van der Waals surface area contributed by atoms with Gasteiger partial charge in [0.15, 0.2) is 0 Å². The van der Waals surface area contributed by atoms with E-state index in [9.17, 15) is 0 Å². The Hall–Kier alpha value is -0.870. The molecule has 68 valence electrons. The van der Waals surface area contributed by atoms with Crippen molar-refractivity contribution in [3.63, 3.8) is 0 Å². The molecule has 12 heavy (non-hydrogen) atoms. The van der Waals surface area contributed by atoms with E-state index in [0.717, 1.165) is 12.1 Å². The van der Waals surface area contributed by atoms with Gasteiger partial charge in [-0.15, -0.1) is 0 Å². The molecule has 1 rings (SSSR count). The predicted molar refractivity (Wildman–Crippen MR) is 46.6 cm³/mol. The molecule has 0 amide bonds. The highest BCUT2D eigenvalue weighted by Crippen LogP contribution is 1.94. The Morgan fingerprint density at radius 2 is 2.50 bits per heavy atom. The maximum absolute atomic E-state index is 8.95. The van der Waals surface area contributed by atoms with E-state index in [1.165, 1.54) is 0 Å². The number of aryl methyl sites for hydroxylation is 1. The summed E-state index contributed by atoms with van der Waals surface area (Å²) in [6.45, 7) is 3.14. The van der Waals surface area contributed by atoms with Crippen LogP contribution in [-0.4, -0.2) is 27.5 Å². The topological polar surface area (TPSA) is 50.1 Å². The third-order valence-corrected chi connectivity index (χ3v) is 1.53. The van der Waals surface area contributed by atoms with Crippen LogP contribution in [-0.2, 0) is 13.6 Å². The van der Waals surface area contributed by atoms with Crippen molar-refractivity contribution in [1.82, 2.24) is 15.1 Å². The average molecular weight is 169 g/mol. The zero-order chi connectivity index (χ0) is 8.97. The van der Waals surface area contributed by atoms with Crippen LogP contribution in [0.5, 0.6) is 0 Å². The largest absolute Gasteiger partial charge is 0.392 e. The van der Waals surface area contributed by atoms with E-state index in [-0.39, 0.29) is 6.10 Å². The van der Waals surface area contributed by atoms with Crippen molar-refractivity contribution in [2.75, 3.05) is 6.54 Å². The molecule has 0 aromatic carbocycles. The van der Waals surface area contributed by atoms with Crippen LogP contribution in [0.25, 0.3) is 0 Å². The zero-order valence-corrected chi connectivity index (χ0v) is 7.49. The molecule has 1 heterocycles. The number of hydrogen-bond acceptors (Lipinski definition) is 3. The van der Waals surface area contributed by atoms with Crippen molar-refractivity contribution < 1.29 is 5.11 Å². The van der Waals surface area contributed by atoms with E-state index in [0.29, 0.717) is 6.54 Å². The van der Waals surface area contributed by atoms with E-state index < -0.39 is 0 Å². The van der Waals surface area contributed by atoms with Crippen molar-refractivity contribution in [3.05, 3.63) is 18.0 Å². The van der Waals surface area contributed by atoms with Crippen LogP contribution in [0.4, 0.5) is 0 Å². The first kappa shape index (κ1) is 9.22. The molecule has 4 heteroatoms. The number of rotatable bonds is 4. The summed E-state index contributed by atoms with van der Waals surface area (Å²) >= 11 is 0.